The average Bonchev–Trinajstić information content (AvgIpc) is 2.22. The molecular formula is C10H17N3O. The lowest BCUT2D eigenvalue weighted by molar-refractivity contribution is 0.518. The highest BCUT2D eigenvalue weighted by Gasteiger charge is 2.04. The Kier molecular flexibility index (Phi) is 4.16. The van der Waals surface area contributed by atoms with E-state index in [9.17, 15) is 4.79 Å². The van der Waals surface area contributed by atoms with Crippen molar-refractivity contribution in [2.45, 2.75) is 26.7 Å². The molecule has 4 heteroatoms. The van der Waals surface area contributed by atoms with E-state index in [1.807, 2.05) is 0 Å². The number of aromatic nitrogens is 2. The maximum atomic E-state index is 11.2. The summed E-state index contributed by atoms with van der Waals surface area (Å²) in [6, 6.07) is 0. The van der Waals surface area contributed by atoms with E-state index in [1.165, 1.54) is 6.20 Å². The van der Waals surface area contributed by atoms with Gasteiger partial charge in [-0.25, -0.2) is 4.98 Å². The lowest BCUT2D eigenvalue weighted by Crippen LogP contribution is -2.20. The van der Waals surface area contributed by atoms with Crippen molar-refractivity contribution in [2.75, 3.05) is 11.9 Å². The molecule has 78 valence electrons. The first-order valence-electron chi connectivity index (χ1n) is 5.05. The molecule has 0 aliphatic carbocycles. The number of hydrogen-bond donors (Lipinski definition) is 2. The van der Waals surface area contributed by atoms with Crippen molar-refractivity contribution in [3.05, 3.63) is 22.7 Å². The Balaban J connectivity index is 2.53. The molecule has 2 N–H and O–H groups in total. The van der Waals surface area contributed by atoms with Crippen molar-refractivity contribution < 1.29 is 0 Å². The van der Waals surface area contributed by atoms with Crippen LogP contribution in [0, 0.1) is 5.92 Å². The summed E-state index contributed by atoms with van der Waals surface area (Å²) in [6.45, 7) is 5.12. The number of nitrogens with one attached hydrogen (secondary N) is 2. The zero-order chi connectivity index (χ0) is 10.4. The standard InChI is InChI=1S/C10H17N3O/c1-3-8(4-2)7-13-9-10(14)12-6-5-11-9/h5-6,8H,3-4,7H2,1-2H3,(H,11,13)(H,12,14). The van der Waals surface area contributed by atoms with Crippen LogP contribution in [0.2, 0.25) is 0 Å². The van der Waals surface area contributed by atoms with Crippen LogP contribution in [0.25, 0.3) is 0 Å². The van der Waals surface area contributed by atoms with Gasteiger partial charge in [0.15, 0.2) is 5.82 Å². The minimum absolute atomic E-state index is 0.154. The second kappa shape index (κ2) is 5.42. The lowest BCUT2D eigenvalue weighted by atomic mass is 10.0. The van der Waals surface area contributed by atoms with Crippen LogP contribution in [0.1, 0.15) is 26.7 Å². The van der Waals surface area contributed by atoms with E-state index in [4.69, 9.17) is 0 Å². The van der Waals surface area contributed by atoms with Gasteiger partial charge in [-0.1, -0.05) is 26.7 Å². The minimum atomic E-state index is -0.154. The molecule has 1 aromatic heterocycles. The van der Waals surface area contributed by atoms with Crippen LogP contribution < -0.4 is 10.9 Å². The van der Waals surface area contributed by atoms with Gasteiger partial charge in [0.1, 0.15) is 0 Å². The van der Waals surface area contributed by atoms with Gasteiger partial charge in [-0.2, -0.15) is 0 Å². The zero-order valence-corrected chi connectivity index (χ0v) is 8.71. The summed E-state index contributed by atoms with van der Waals surface area (Å²) in [4.78, 5) is 17.8. The molecule has 0 atom stereocenters. The van der Waals surface area contributed by atoms with Gasteiger partial charge in [-0.15, -0.1) is 0 Å². The summed E-state index contributed by atoms with van der Waals surface area (Å²) in [7, 11) is 0. The molecule has 0 aromatic carbocycles. The molecule has 0 bridgehead atoms. The third-order valence-corrected chi connectivity index (χ3v) is 2.42. The Labute approximate surface area is 83.8 Å². The van der Waals surface area contributed by atoms with Gasteiger partial charge in [-0.3, -0.25) is 4.79 Å². The zero-order valence-electron chi connectivity index (χ0n) is 8.71. The molecule has 0 saturated carbocycles. The van der Waals surface area contributed by atoms with Crippen LogP contribution in [0.4, 0.5) is 5.82 Å². The van der Waals surface area contributed by atoms with Gasteiger partial charge in [0, 0.05) is 18.9 Å². The van der Waals surface area contributed by atoms with Crippen molar-refractivity contribution in [1.82, 2.24) is 9.97 Å². The third kappa shape index (κ3) is 2.87. The normalized spacial score (nSPS) is 10.5. The predicted molar refractivity (Wildman–Crippen MR) is 57.4 cm³/mol. The summed E-state index contributed by atoms with van der Waals surface area (Å²) < 4.78 is 0. The third-order valence-electron chi connectivity index (χ3n) is 2.42. The Hall–Kier alpha value is -1.32. The van der Waals surface area contributed by atoms with E-state index in [0.29, 0.717) is 11.7 Å². The second-order valence-electron chi connectivity index (χ2n) is 3.33. The van der Waals surface area contributed by atoms with E-state index in [2.05, 4.69) is 29.1 Å². The SMILES string of the molecule is CCC(CC)CNc1ncc[nH]c1=O. The van der Waals surface area contributed by atoms with Gasteiger partial charge in [0.05, 0.1) is 0 Å². The Morgan fingerprint density at radius 1 is 1.50 bits per heavy atom. The van der Waals surface area contributed by atoms with Crippen molar-refractivity contribution in [3.63, 3.8) is 0 Å². The molecule has 14 heavy (non-hydrogen) atoms. The van der Waals surface area contributed by atoms with Crippen LogP contribution in [0.15, 0.2) is 17.2 Å². The Morgan fingerprint density at radius 2 is 2.21 bits per heavy atom. The number of rotatable bonds is 5. The summed E-state index contributed by atoms with van der Waals surface area (Å²) in [5, 5.41) is 3.06. The van der Waals surface area contributed by atoms with Crippen LogP contribution in [-0.2, 0) is 0 Å². The summed E-state index contributed by atoms with van der Waals surface area (Å²) >= 11 is 0. The molecule has 0 fully saturated rings. The summed E-state index contributed by atoms with van der Waals surface area (Å²) in [6.07, 6.45) is 5.35. The van der Waals surface area contributed by atoms with Crippen LogP contribution >= 0.6 is 0 Å². The van der Waals surface area contributed by atoms with Gasteiger partial charge in [0.25, 0.3) is 5.56 Å². The first-order valence-corrected chi connectivity index (χ1v) is 5.05. The predicted octanol–water partition coefficient (Wildman–Crippen LogP) is 1.62. The van der Waals surface area contributed by atoms with E-state index in [0.717, 1.165) is 19.4 Å². The molecule has 0 amide bonds. The van der Waals surface area contributed by atoms with Crippen molar-refractivity contribution >= 4 is 5.82 Å². The van der Waals surface area contributed by atoms with Gasteiger partial charge in [0.2, 0.25) is 0 Å². The van der Waals surface area contributed by atoms with Crippen LogP contribution in [-0.4, -0.2) is 16.5 Å². The molecule has 1 rings (SSSR count). The maximum Gasteiger partial charge on any atom is 0.290 e. The van der Waals surface area contributed by atoms with Gasteiger partial charge in [-0.05, 0) is 5.92 Å². The quantitative estimate of drug-likeness (QED) is 0.750. The van der Waals surface area contributed by atoms with E-state index in [1.54, 1.807) is 6.20 Å². The summed E-state index contributed by atoms with van der Waals surface area (Å²) in [5.41, 5.74) is -0.154. The lowest BCUT2D eigenvalue weighted by Gasteiger charge is -2.12. The topological polar surface area (TPSA) is 57.8 Å². The number of hydrogen-bond acceptors (Lipinski definition) is 3. The molecule has 0 spiro atoms. The smallest absolute Gasteiger partial charge is 0.290 e. The molecular weight excluding hydrogens is 178 g/mol. The fourth-order valence-electron chi connectivity index (χ4n) is 1.30. The highest BCUT2D eigenvalue weighted by atomic mass is 16.1. The number of H-pyrrole nitrogens is 1. The van der Waals surface area contributed by atoms with Crippen LogP contribution in [0.3, 0.4) is 0 Å². The van der Waals surface area contributed by atoms with Gasteiger partial charge >= 0.3 is 0 Å². The van der Waals surface area contributed by atoms with E-state index >= 15 is 0 Å². The largest absolute Gasteiger partial charge is 0.365 e. The fraction of sp³-hybridized carbons (Fsp3) is 0.600. The van der Waals surface area contributed by atoms with E-state index < -0.39 is 0 Å². The fourth-order valence-corrected chi connectivity index (χ4v) is 1.30. The Bertz CT molecular complexity index is 317. The summed E-state index contributed by atoms with van der Waals surface area (Å²) in [5.74, 6) is 1.02. The Morgan fingerprint density at radius 3 is 2.79 bits per heavy atom. The molecule has 1 heterocycles. The molecule has 0 aliphatic heterocycles. The second-order valence-corrected chi connectivity index (χ2v) is 3.33. The average molecular weight is 195 g/mol. The first kappa shape index (κ1) is 10.8. The number of aromatic amines is 1. The highest BCUT2D eigenvalue weighted by Crippen LogP contribution is 2.07. The molecule has 0 unspecified atom stereocenters. The van der Waals surface area contributed by atoms with Crippen molar-refractivity contribution in [2.24, 2.45) is 5.92 Å². The number of anilines is 1. The molecule has 0 saturated heterocycles. The molecule has 1 aromatic rings. The number of nitrogens with zero attached hydrogens (tertiary/aromatic N) is 1. The van der Waals surface area contributed by atoms with Crippen molar-refractivity contribution in [3.8, 4) is 0 Å². The van der Waals surface area contributed by atoms with Gasteiger partial charge < -0.3 is 10.3 Å². The molecule has 0 aliphatic rings. The van der Waals surface area contributed by atoms with Crippen molar-refractivity contribution in [1.29, 1.82) is 0 Å². The molecule has 0 radical (unpaired) electrons. The highest BCUT2D eigenvalue weighted by molar-refractivity contribution is 5.29. The minimum Gasteiger partial charge on any atom is -0.365 e. The monoisotopic (exact) mass is 195 g/mol. The maximum absolute atomic E-state index is 11.2. The van der Waals surface area contributed by atoms with Crippen LogP contribution in [0.5, 0.6) is 0 Å². The van der Waals surface area contributed by atoms with E-state index in [-0.39, 0.29) is 5.56 Å². The molecule has 4 nitrogen and oxygen atoms in total. The first-order chi connectivity index (χ1) is 6.77.